The van der Waals surface area contributed by atoms with Crippen molar-refractivity contribution >= 4 is 39.8 Å². The van der Waals surface area contributed by atoms with Crippen LogP contribution in [0.25, 0.3) is 0 Å². The monoisotopic (exact) mass is 310 g/mol. The van der Waals surface area contributed by atoms with Gasteiger partial charge < -0.3 is 4.90 Å². The molecule has 20 heavy (non-hydrogen) atoms. The third kappa shape index (κ3) is 3.77. The maximum Gasteiger partial charge on any atom is 0.269 e. The Bertz CT molecular complexity index is 525. The highest BCUT2D eigenvalue weighted by molar-refractivity contribution is 8.23. The number of likely N-dealkylation sites (tertiary alicyclic amines) is 1. The second-order valence-corrected chi connectivity index (χ2v) is 6.09. The third-order valence-electron chi connectivity index (χ3n) is 3.09. The van der Waals surface area contributed by atoms with Gasteiger partial charge in [0, 0.05) is 30.8 Å². The van der Waals surface area contributed by atoms with Gasteiger partial charge in [-0.1, -0.05) is 24.0 Å². The van der Waals surface area contributed by atoms with Crippen LogP contribution in [0.1, 0.15) is 23.2 Å². The number of thiocarbonyl (C=S) groups is 1. The number of nitro groups is 1. The van der Waals surface area contributed by atoms with E-state index in [1.165, 1.54) is 36.0 Å². The largest absolute Gasteiger partial charge is 0.358 e. The highest BCUT2D eigenvalue weighted by atomic mass is 32.2. The van der Waals surface area contributed by atoms with Crippen molar-refractivity contribution in [3.05, 3.63) is 39.9 Å². The van der Waals surface area contributed by atoms with Crippen LogP contribution in [0.5, 0.6) is 0 Å². The highest BCUT2D eigenvalue weighted by Crippen LogP contribution is 2.18. The second kappa shape index (κ2) is 6.81. The topological polar surface area (TPSA) is 63.5 Å². The number of ketones is 1. The van der Waals surface area contributed by atoms with Crippen LogP contribution in [0.3, 0.4) is 0 Å². The van der Waals surface area contributed by atoms with E-state index in [-0.39, 0.29) is 17.2 Å². The molecule has 106 valence electrons. The first-order chi connectivity index (χ1) is 9.58. The molecule has 0 aromatic heterocycles. The van der Waals surface area contributed by atoms with Crippen LogP contribution in [0.4, 0.5) is 5.69 Å². The molecule has 0 aliphatic carbocycles. The van der Waals surface area contributed by atoms with Gasteiger partial charge in [0.2, 0.25) is 0 Å². The van der Waals surface area contributed by atoms with Gasteiger partial charge in [-0.2, -0.15) is 0 Å². The Balaban J connectivity index is 1.88. The summed E-state index contributed by atoms with van der Waals surface area (Å²) in [6, 6.07) is 5.66. The lowest BCUT2D eigenvalue weighted by Crippen LogP contribution is -2.24. The first-order valence-corrected chi connectivity index (χ1v) is 7.66. The summed E-state index contributed by atoms with van der Waals surface area (Å²) in [6.07, 6.45) is 2.30. The molecule has 1 saturated heterocycles. The standard InChI is InChI=1S/C13H14N2O3S2/c16-12(9-20-13(19)14-7-1-2-8-14)10-3-5-11(6-4-10)15(17)18/h3-6H,1-2,7-9H2. The minimum atomic E-state index is -0.481. The van der Waals surface area contributed by atoms with E-state index in [0.717, 1.165) is 30.3 Å². The van der Waals surface area contributed by atoms with Gasteiger partial charge in [-0.05, 0) is 25.0 Å². The number of Topliss-reactive ketones (excluding diaryl/α,β-unsaturated/α-hetero) is 1. The average molecular weight is 310 g/mol. The minimum Gasteiger partial charge on any atom is -0.358 e. The van der Waals surface area contributed by atoms with Gasteiger partial charge in [0.25, 0.3) is 5.69 Å². The number of thioether (sulfide) groups is 1. The molecule has 0 atom stereocenters. The number of hydrogen-bond acceptors (Lipinski definition) is 5. The molecule has 1 aromatic rings. The van der Waals surface area contributed by atoms with Crippen LogP contribution >= 0.6 is 24.0 Å². The number of hydrogen-bond donors (Lipinski definition) is 0. The zero-order valence-electron chi connectivity index (χ0n) is 10.8. The summed E-state index contributed by atoms with van der Waals surface area (Å²) in [7, 11) is 0. The van der Waals surface area contributed by atoms with Gasteiger partial charge in [-0.3, -0.25) is 14.9 Å². The van der Waals surface area contributed by atoms with E-state index in [2.05, 4.69) is 4.90 Å². The highest BCUT2D eigenvalue weighted by Gasteiger charge is 2.17. The summed E-state index contributed by atoms with van der Waals surface area (Å²) in [6.45, 7) is 1.94. The summed E-state index contributed by atoms with van der Waals surface area (Å²) < 4.78 is 0.762. The molecule has 0 saturated carbocycles. The van der Waals surface area contributed by atoms with Gasteiger partial charge in [0.05, 0.1) is 10.7 Å². The normalized spacial score (nSPS) is 14.3. The van der Waals surface area contributed by atoms with Crippen LogP contribution < -0.4 is 0 Å². The molecule has 0 radical (unpaired) electrons. The molecule has 7 heteroatoms. The molecule has 2 rings (SSSR count). The van der Waals surface area contributed by atoms with Crippen molar-refractivity contribution in [1.29, 1.82) is 0 Å². The van der Waals surface area contributed by atoms with Gasteiger partial charge in [0.1, 0.15) is 4.32 Å². The fourth-order valence-corrected chi connectivity index (χ4v) is 3.12. The Morgan fingerprint density at radius 2 is 1.90 bits per heavy atom. The van der Waals surface area contributed by atoms with Gasteiger partial charge in [-0.25, -0.2) is 0 Å². The number of rotatable bonds is 4. The fraction of sp³-hybridized carbons (Fsp3) is 0.385. The lowest BCUT2D eigenvalue weighted by molar-refractivity contribution is -0.384. The van der Waals surface area contributed by atoms with Crippen LogP contribution in [0.15, 0.2) is 24.3 Å². The van der Waals surface area contributed by atoms with Gasteiger partial charge in [-0.15, -0.1) is 0 Å². The van der Waals surface area contributed by atoms with E-state index >= 15 is 0 Å². The SMILES string of the molecule is O=C(CSC(=S)N1CCCC1)c1ccc([N+](=O)[O-])cc1. The number of non-ortho nitro benzene ring substituents is 1. The van der Waals surface area contributed by atoms with Crippen molar-refractivity contribution in [3.63, 3.8) is 0 Å². The molecule has 1 aromatic carbocycles. The Morgan fingerprint density at radius 3 is 2.45 bits per heavy atom. The van der Waals surface area contributed by atoms with Crippen LogP contribution in [-0.2, 0) is 0 Å². The van der Waals surface area contributed by atoms with Crippen molar-refractivity contribution in [2.75, 3.05) is 18.8 Å². The summed E-state index contributed by atoms with van der Waals surface area (Å²) in [5, 5.41) is 10.5. The van der Waals surface area contributed by atoms with E-state index < -0.39 is 4.92 Å². The molecule has 0 bridgehead atoms. The number of benzene rings is 1. The fourth-order valence-electron chi connectivity index (χ4n) is 1.97. The van der Waals surface area contributed by atoms with Crippen molar-refractivity contribution in [1.82, 2.24) is 4.90 Å². The maximum absolute atomic E-state index is 12.0. The zero-order valence-corrected chi connectivity index (χ0v) is 12.4. The van der Waals surface area contributed by atoms with Crippen molar-refractivity contribution in [2.24, 2.45) is 0 Å². The van der Waals surface area contributed by atoms with Crippen LogP contribution in [0, 0.1) is 10.1 Å². The molecular weight excluding hydrogens is 296 g/mol. The average Bonchev–Trinajstić information content (AvgIpc) is 2.98. The maximum atomic E-state index is 12.0. The van der Waals surface area contributed by atoms with Gasteiger partial charge >= 0.3 is 0 Å². The molecular formula is C13H14N2O3S2. The smallest absolute Gasteiger partial charge is 0.269 e. The van der Waals surface area contributed by atoms with E-state index in [1.54, 1.807) is 0 Å². The number of carbonyl (C=O) groups excluding carboxylic acids is 1. The molecule has 0 amide bonds. The summed E-state index contributed by atoms with van der Waals surface area (Å²) >= 11 is 6.65. The minimum absolute atomic E-state index is 0.0122. The lowest BCUT2D eigenvalue weighted by atomic mass is 10.1. The Hall–Kier alpha value is -1.47. The summed E-state index contributed by atoms with van der Waals surface area (Å²) in [5.74, 6) is 0.207. The molecule has 5 nitrogen and oxygen atoms in total. The van der Waals surface area contributed by atoms with Crippen molar-refractivity contribution in [3.8, 4) is 0 Å². The molecule has 0 spiro atoms. The molecule has 1 fully saturated rings. The second-order valence-electron chi connectivity index (χ2n) is 4.48. The quantitative estimate of drug-likeness (QED) is 0.369. The Labute approximate surface area is 126 Å². The number of carbonyl (C=O) groups is 1. The molecule has 0 N–H and O–H groups in total. The van der Waals surface area contributed by atoms with Crippen molar-refractivity contribution < 1.29 is 9.72 Å². The first kappa shape index (κ1) is 14.9. The first-order valence-electron chi connectivity index (χ1n) is 6.27. The Morgan fingerprint density at radius 1 is 1.30 bits per heavy atom. The van der Waals surface area contributed by atoms with E-state index in [9.17, 15) is 14.9 Å². The molecule has 1 aliphatic heterocycles. The molecule has 0 unspecified atom stereocenters. The zero-order chi connectivity index (χ0) is 14.5. The molecule has 1 heterocycles. The van der Waals surface area contributed by atoms with E-state index in [0.29, 0.717) is 5.56 Å². The van der Waals surface area contributed by atoms with Crippen LogP contribution in [0.2, 0.25) is 0 Å². The van der Waals surface area contributed by atoms with Gasteiger partial charge in [0.15, 0.2) is 5.78 Å². The summed E-state index contributed by atoms with van der Waals surface area (Å²) in [4.78, 5) is 24.1. The molecule has 1 aliphatic rings. The predicted octanol–water partition coefficient (Wildman–Crippen LogP) is 2.89. The third-order valence-corrected chi connectivity index (χ3v) is 4.61. The Kier molecular flexibility index (Phi) is 5.08. The van der Waals surface area contributed by atoms with Crippen LogP contribution in [-0.4, -0.2) is 38.8 Å². The predicted molar refractivity (Wildman–Crippen MR) is 83.3 cm³/mol. The van der Waals surface area contributed by atoms with E-state index in [1.807, 2.05) is 0 Å². The lowest BCUT2D eigenvalue weighted by Gasteiger charge is -2.17. The summed E-state index contributed by atoms with van der Waals surface area (Å²) in [5.41, 5.74) is 0.467. The van der Waals surface area contributed by atoms with E-state index in [4.69, 9.17) is 12.2 Å². The number of nitro benzene ring substituents is 1. The number of nitrogens with zero attached hydrogens (tertiary/aromatic N) is 2. The van der Waals surface area contributed by atoms with Crippen molar-refractivity contribution in [2.45, 2.75) is 12.8 Å².